The molecule has 154 valence electrons. The fourth-order valence-corrected chi connectivity index (χ4v) is 4.30. The molecule has 0 unspecified atom stereocenters. The Balaban J connectivity index is 1.51. The Morgan fingerprint density at radius 2 is 1.97 bits per heavy atom. The molecule has 6 nitrogen and oxygen atoms in total. The van der Waals surface area contributed by atoms with Gasteiger partial charge in [0.2, 0.25) is 0 Å². The predicted octanol–water partition coefficient (Wildman–Crippen LogP) is 4.58. The highest BCUT2D eigenvalue weighted by molar-refractivity contribution is 7.09. The van der Waals surface area contributed by atoms with Crippen molar-refractivity contribution in [1.82, 2.24) is 14.9 Å². The lowest BCUT2D eigenvalue weighted by Crippen LogP contribution is -2.25. The van der Waals surface area contributed by atoms with Crippen molar-refractivity contribution >= 4 is 28.2 Å². The number of rotatable bonds is 9. The molecule has 0 saturated heterocycles. The Morgan fingerprint density at radius 3 is 2.70 bits per heavy atom. The normalized spacial score (nSPS) is 11.3. The summed E-state index contributed by atoms with van der Waals surface area (Å²) in [5.74, 6) is -0.159. The van der Waals surface area contributed by atoms with Gasteiger partial charge in [-0.3, -0.25) is 4.90 Å². The van der Waals surface area contributed by atoms with E-state index >= 15 is 0 Å². The number of hydrogen-bond acceptors (Lipinski definition) is 5. The number of para-hydroxylation sites is 1. The Kier molecular flexibility index (Phi) is 6.11. The van der Waals surface area contributed by atoms with Crippen molar-refractivity contribution in [2.24, 2.45) is 0 Å². The highest BCUT2D eigenvalue weighted by atomic mass is 32.1. The number of thiazole rings is 1. The number of hydrogen-bond donors (Lipinski definition) is 2. The van der Waals surface area contributed by atoms with Crippen LogP contribution in [0.4, 0.5) is 0 Å². The third-order valence-electron chi connectivity index (χ3n) is 5.07. The number of benzene rings is 2. The van der Waals surface area contributed by atoms with Gasteiger partial charge in [0.1, 0.15) is 10.8 Å². The van der Waals surface area contributed by atoms with Gasteiger partial charge in [-0.05, 0) is 35.7 Å². The maximum Gasteiger partial charge on any atom is 0.355 e. The molecule has 0 aliphatic heterocycles. The van der Waals surface area contributed by atoms with E-state index in [2.05, 4.69) is 51.4 Å². The van der Waals surface area contributed by atoms with Gasteiger partial charge in [-0.15, -0.1) is 11.3 Å². The lowest BCUT2D eigenvalue weighted by atomic mass is 10.1. The number of carbonyl (C=O) groups is 1. The molecule has 0 spiro atoms. The Bertz CT molecular complexity index is 1130. The van der Waals surface area contributed by atoms with E-state index in [1.165, 1.54) is 27.8 Å². The number of aromatic carboxylic acids is 1. The van der Waals surface area contributed by atoms with E-state index in [1.54, 1.807) is 12.5 Å². The van der Waals surface area contributed by atoms with Crippen LogP contribution >= 0.6 is 11.3 Å². The summed E-state index contributed by atoms with van der Waals surface area (Å²) in [5, 5.41) is 12.8. The van der Waals surface area contributed by atoms with Crippen LogP contribution in [-0.2, 0) is 19.5 Å². The molecule has 4 aromatic rings. The molecule has 0 amide bonds. The average Bonchev–Trinajstić information content (AvgIpc) is 3.40. The first-order valence-electron chi connectivity index (χ1n) is 9.70. The largest absolute Gasteiger partial charge is 0.497 e. The molecule has 0 radical (unpaired) electrons. The highest BCUT2D eigenvalue weighted by Crippen LogP contribution is 2.21. The van der Waals surface area contributed by atoms with Crippen LogP contribution in [0.3, 0.4) is 0 Å². The molecule has 0 saturated carbocycles. The highest BCUT2D eigenvalue weighted by Gasteiger charge is 2.14. The van der Waals surface area contributed by atoms with Crippen LogP contribution in [0.25, 0.3) is 10.9 Å². The lowest BCUT2D eigenvalue weighted by molar-refractivity contribution is 0.0691. The van der Waals surface area contributed by atoms with E-state index in [9.17, 15) is 4.79 Å². The number of H-pyrrole nitrogens is 1. The minimum Gasteiger partial charge on any atom is -0.497 e. The van der Waals surface area contributed by atoms with Gasteiger partial charge in [0.25, 0.3) is 0 Å². The number of fused-ring (bicyclic) bond motifs is 1. The first-order chi connectivity index (χ1) is 14.6. The van der Waals surface area contributed by atoms with E-state index in [0.717, 1.165) is 35.8 Å². The molecule has 7 heteroatoms. The van der Waals surface area contributed by atoms with Crippen LogP contribution < -0.4 is 4.74 Å². The number of aromatic amines is 1. The molecule has 2 aromatic heterocycles. The summed E-state index contributed by atoms with van der Waals surface area (Å²) in [6.07, 6.45) is 2.96. The number of nitrogens with one attached hydrogen (secondary N) is 1. The summed E-state index contributed by atoms with van der Waals surface area (Å²) < 4.78 is 5.25. The predicted molar refractivity (Wildman–Crippen MR) is 118 cm³/mol. The molecule has 2 aromatic carbocycles. The molecule has 2 heterocycles. The molecule has 0 fully saturated rings. The summed E-state index contributed by atoms with van der Waals surface area (Å²) in [5.41, 5.74) is 3.69. The standard InChI is InChI=1S/C23H23N3O3S/c1-29-18-8-6-16(7-9-18)13-26(14-22-25-21(15-30-22)23(27)28)11-10-17-12-24-20-5-3-2-4-19(17)20/h2-9,12,15,24H,10-11,13-14H2,1H3,(H,27,28). The van der Waals surface area contributed by atoms with Crippen LogP contribution in [0.15, 0.2) is 60.1 Å². The maximum absolute atomic E-state index is 11.2. The van der Waals surface area contributed by atoms with Gasteiger partial charge in [-0.25, -0.2) is 9.78 Å². The zero-order chi connectivity index (χ0) is 20.9. The summed E-state index contributed by atoms with van der Waals surface area (Å²) >= 11 is 1.39. The molecule has 0 aliphatic carbocycles. The van der Waals surface area contributed by atoms with Gasteiger partial charge in [0.15, 0.2) is 5.69 Å². The molecule has 4 rings (SSSR count). The van der Waals surface area contributed by atoms with Crippen LogP contribution in [0.2, 0.25) is 0 Å². The van der Waals surface area contributed by atoms with Crippen LogP contribution in [-0.4, -0.2) is 39.6 Å². The van der Waals surface area contributed by atoms with Gasteiger partial charge >= 0.3 is 5.97 Å². The Labute approximate surface area is 178 Å². The second-order valence-corrected chi connectivity index (χ2v) is 8.04. The van der Waals surface area contributed by atoms with Crippen molar-refractivity contribution in [1.29, 1.82) is 0 Å². The van der Waals surface area contributed by atoms with Crippen molar-refractivity contribution in [3.63, 3.8) is 0 Å². The van der Waals surface area contributed by atoms with Crippen LogP contribution in [0.5, 0.6) is 5.75 Å². The maximum atomic E-state index is 11.2. The van der Waals surface area contributed by atoms with Crippen molar-refractivity contribution in [3.8, 4) is 5.75 Å². The smallest absolute Gasteiger partial charge is 0.355 e. The zero-order valence-corrected chi connectivity index (χ0v) is 17.5. The number of ether oxygens (including phenoxy) is 1. The number of nitrogens with zero attached hydrogens (tertiary/aromatic N) is 2. The number of aromatic nitrogens is 2. The van der Waals surface area contributed by atoms with E-state index in [4.69, 9.17) is 9.84 Å². The second-order valence-electron chi connectivity index (χ2n) is 7.10. The summed E-state index contributed by atoms with van der Waals surface area (Å²) in [7, 11) is 1.66. The quantitative estimate of drug-likeness (QED) is 0.414. The molecule has 0 atom stereocenters. The lowest BCUT2D eigenvalue weighted by Gasteiger charge is -2.21. The van der Waals surface area contributed by atoms with Crippen molar-refractivity contribution in [3.05, 3.63) is 81.9 Å². The monoisotopic (exact) mass is 421 g/mol. The van der Waals surface area contributed by atoms with Crippen LogP contribution in [0, 0.1) is 0 Å². The van der Waals surface area contributed by atoms with Crippen molar-refractivity contribution in [2.45, 2.75) is 19.5 Å². The number of carboxylic acid groups (broad SMARTS) is 1. The fraction of sp³-hybridized carbons (Fsp3) is 0.217. The van der Waals surface area contributed by atoms with Gasteiger partial charge in [-0.1, -0.05) is 30.3 Å². The van der Waals surface area contributed by atoms with Gasteiger partial charge in [0, 0.05) is 35.6 Å². The average molecular weight is 422 g/mol. The van der Waals surface area contributed by atoms with E-state index in [1.807, 2.05) is 18.2 Å². The topological polar surface area (TPSA) is 78.5 Å². The van der Waals surface area contributed by atoms with Crippen molar-refractivity contribution < 1.29 is 14.6 Å². The first-order valence-corrected chi connectivity index (χ1v) is 10.6. The summed E-state index contributed by atoms with van der Waals surface area (Å²) in [6.45, 7) is 2.18. The molecule has 2 N–H and O–H groups in total. The fourth-order valence-electron chi connectivity index (χ4n) is 3.49. The van der Waals surface area contributed by atoms with E-state index in [0.29, 0.717) is 6.54 Å². The summed E-state index contributed by atoms with van der Waals surface area (Å²) in [6, 6.07) is 16.3. The van der Waals surface area contributed by atoms with Crippen molar-refractivity contribution in [2.75, 3.05) is 13.7 Å². The Hall–Kier alpha value is -3.16. The number of methoxy groups -OCH3 is 1. The SMILES string of the molecule is COc1ccc(CN(CCc2c[nH]c3ccccc23)Cc2nc(C(=O)O)cs2)cc1. The van der Waals surface area contributed by atoms with Gasteiger partial charge < -0.3 is 14.8 Å². The molecule has 0 bridgehead atoms. The van der Waals surface area contributed by atoms with Gasteiger partial charge in [0.05, 0.1) is 13.7 Å². The third kappa shape index (κ3) is 4.69. The minimum atomic E-state index is -0.988. The molecular weight excluding hydrogens is 398 g/mol. The van der Waals surface area contributed by atoms with Gasteiger partial charge in [-0.2, -0.15) is 0 Å². The molecular formula is C23H23N3O3S. The second kappa shape index (κ2) is 9.11. The summed E-state index contributed by atoms with van der Waals surface area (Å²) in [4.78, 5) is 21.1. The first kappa shape index (κ1) is 20.1. The molecule has 30 heavy (non-hydrogen) atoms. The number of carboxylic acids is 1. The van der Waals surface area contributed by atoms with Crippen LogP contribution in [0.1, 0.15) is 26.6 Å². The zero-order valence-electron chi connectivity index (χ0n) is 16.7. The third-order valence-corrected chi connectivity index (χ3v) is 5.90. The minimum absolute atomic E-state index is 0.107. The molecule has 0 aliphatic rings. The van der Waals surface area contributed by atoms with E-state index in [-0.39, 0.29) is 5.69 Å². The Morgan fingerprint density at radius 1 is 1.17 bits per heavy atom. The van der Waals surface area contributed by atoms with E-state index < -0.39 is 5.97 Å².